The van der Waals surface area contributed by atoms with Gasteiger partial charge in [-0.3, -0.25) is 4.79 Å². The molecule has 0 fully saturated rings. The van der Waals surface area contributed by atoms with Crippen LogP contribution in [0.2, 0.25) is 0 Å². The zero-order chi connectivity index (χ0) is 21.1. The van der Waals surface area contributed by atoms with Crippen molar-refractivity contribution >= 4 is 17.3 Å². The van der Waals surface area contributed by atoms with Gasteiger partial charge in [-0.05, 0) is 55.7 Å². The number of hydrogen-bond acceptors (Lipinski definition) is 3. The highest BCUT2D eigenvalue weighted by Crippen LogP contribution is 2.36. The molecule has 8 heteroatoms. The van der Waals surface area contributed by atoms with Gasteiger partial charge in [0.05, 0.1) is 18.0 Å². The van der Waals surface area contributed by atoms with E-state index in [1.54, 1.807) is 51.1 Å². The smallest absolute Gasteiger partial charge is 0.416 e. The van der Waals surface area contributed by atoms with Gasteiger partial charge < -0.3 is 9.66 Å². The molecule has 0 amide bonds. The maximum Gasteiger partial charge on any atom is 0.416 e. The van der Waals surface area contributed by atoms with Crippen LogP contribution in [0.1, 0.15) is 44.4 Å². The molecule has 0 aliphatic rings. The highest BCUT2D eigenvalue weighted by Gasteiger charge is 2.34. The van der Waals surface area contributed by atoms with Gasteiger partial charge >= 0.3 is 12.1 Å². The van der Waals surface area contributed by atoms with Gasteiger partial charge in [0, 0.05) is 11.4 Å². The SMILES string of the molecule is CC(C)(C)[S+]([O-])NC(CC(=O)O)c1cc(-c2ccccc2)cc(C(F)(F)F)c1. The van der Waals surface area contributed by atoms with Crippen molar-refractivity contribution in [1.82, 2.24) is 4.72 Å². The predicted octanol–water partition coefficient (Wildman–Crippen LogP) is 4.94. The zero-order valence-electron chi connectivity index (χ0n) is 15.7. The van der Waals surface area contributed by atoms with Crippen molar-refractivity contribution in [2.75, 3.05) is 0 Å². The Kier molecular flexibility index (Phi) is 6.80. The first kappa shape index (κ1) is 22.3. The summed E-state index contributed by atoms with van der Waals surface area (Å²) in [6.45, 7) is 5.07. The van der Waals surface area contributed by atoms with E-state index < -0.39 is 46.3 Å². The third-order valence-electron chi connectivity index (χ3n) is 3.98. The molecule has 152 valence electrons. The molecule has 2 N–H and O–H groups in total. The van der Waals surface area contributed by atoms with E-state index in [9.17, 15) is 27.6 Å². The summed E-state index contributed by atoms with van der Waals surface area (Å²) in [7, 11) is 0. The Hall–Kier alpha value is -2.03. The Labute approximate surface area is 165 Å². The van der Waals surface area contributed by atoms with E-state index in [1.807, 2.05) is 0 Å². The fourth-order valence-corrected chi connectivity index (χ4v) is 3.35. The Morgan fingerprint density at radius 1 is 1.11 bits per heavy atom. The minimum Gasteiger partial charge on any atom is -0.598 e. The zero-order valence-corrected chi connectivity index (χ0v) is 16.5. The van der Waals surface area contributed by atoms with Crippen LogP contribution in [0.15, 0.2) is 48.5 Å². The van der Waals surface area contributed by atoms with E-state index in [-0.39, 0.29) is 5.56 Å². The summed E-state index contributed by atoms with van der Waals surface area (Å²) in [5.41, 5.74) is 0.112. The Morgan fingerprint density at radius 3 is 2.21 bits per heavy atom. The number of aliphatic carboxylic acids is 1. The fraction of sp³-hybridized carbons (Fsp3) is 0.350. The van der Waals surface area contributed by atoms with Crippen LogP contribution in [0, 0.1) is 0 Å². The number of halogens is 3. The van der Waals surface area contributed by atoms with Gasteiger partial charge in [-0.1, -0.05) is 30.3 Å². The number of carboxylic acid groups (broad SMARTS) is 1. The third-order valence-corrected chi connectivity index (χ3v) is 5.59. The third kappa shape index (κ3) is 5.98. The molecule has 2 unspecified atom stereocenters. The molecule has 0 saturated heterocycles. The summed E-state index contributed by atoms with van der Waals surface area (Å²) in [6.07, 6.45) is -5.10. The van der Waals surface area contributed by atoms with Crippen molar-refractivity contribution in [2.24, 2.45) is 0 Å². The molecule has 0 aliphatic heterocycles. The molecule has 2 aromatic rings. The van der Waals surface area contributed by atoms with E-state index in [0.717, 1.165) is 12.1 Å². The van der Waals surface area contributed by atoms with Crippen LogP contribution in [0.25, 0.3) is 11.1 Å². The van der Waals surface area contributed by atoms with Gasteiger partial charge in [0.25, 0.3) is 0 Å². The second kappa shape index (κ2) is 8.55. The number of alkyl halides is 3. The number of hydrogen-bond donors (Lipinski definition) is 2. The molecule has 2 rings (SSSR count). The molecule has 0 spiro atoms. The van der Waals surface area contributed by atoms with Gasteiger partial charge in [0.1, 0.15) is 4.75 Å². The van der Waals surface area contributed by atoms with Crippen LogP contribution in [0.5, 0.6) is 0 Å². The number of benzene rings is 2. The molecular formula is C20H22F3NO3S. The summed E-state index contributed by atoms with van der Waals surface area (Å²) >= 11 is -1.66. The van der Waals surface area contributed by atoms with Crippen molar-refractivity contribution < 1.29 is 27.6 Å². The van der Waals surface area contributed by atoms with Crippen molar-refractivity contribution in [1.29, 1.82) is 0 Å². The second-order valence-corrected chi connectivity index (χ2v) is 9.35. The van der Waals surface area contributed by atoms with Crippen molar-refractivity contribution in [3.63, 3.8) is 0 Å². The first-order valence-electron chi connectivity index (χ1n) is 8.55. The van der Waals surface area contributed by atoms with Crippen molar-refractivity contribution in [2.45, 2.75) is 44.2 Å². The largest absolute Gasteiger partial charge is 0.598 e. The number of nitrogens with one attached hydrogen (secondary N) is 1. The monoisotopic (exact) mass is 413 g/mol. The maximum absolute atomic E-state index is 13.4. The lowest BCUT2D eigenvalue weighted by atomic mass is 9.95. The van der Waals surface area contributed by atoms with Crippen molar-refractivity contribution in [3.05, 3.63) is 59.7 Å². The molecule has 0 radical (unpaired) electrons. The number of carbonyl (C=O) groups is 1. The maximum atomic E-state index is 13.4. The Morgan fingerprint density at radius 2 is 1.71 bits per heavy atom. The fourth-order valence-electron chi connectivity index (χ4n) is 2.52. The topological polar surface area (TPSA) is 72.4 Å². The van der Waals surface area contributed by atoms with E-state index in [4.69, 9.17) is 0 Å². The molecule has 2 aromatic carbocycles. The highest BCUT2D eigenvalue weighted by molar-refractivity contribution is 7.90. The molecule has 0 aromatic heterocycles. The van der Waals surface area contributed by atoms with Gasteiger partial charge in [-0.15, -0.1) is 4.72 Å². The van der Waals surface area contributed by atoms with Crippen LogP contribution in [-0.2, 0) is 22.3 Å². The van der Waals surface area contributed by atoms with E-state index in [2.05, 4.69) is 4.72 Å². The molecule has 4 nitrogen and oxygen atoms in total. The van der Waals surface area contributed by atoms with Crippen LogP contribution in [-0.4, -0.2) is 20.4 Å². The normalized spacial score (nSPS) is 14.5. The minimum atomic E-state index is -4.60. The lowest BCUT2D eigenvalue weighted by Crippen LogP contribution is -2.41. The molecule has 0 heterocycles. The van der Waals surface area contributed by atoms with E-state index >= 15 is 0 Å². The Bertz CT molecular complexity index is 820. The average Bonchev–Trinajstić information content (AvgIpc) is 2.59. The highest BCUT2D eigenvalue weighted by atomic mass is 32.2. The first-order valence-corrected chi connectivity index (χ1v) is 9.70. The summed E-state index contributed by atoms with van der Waals surface area (Å²) < 4.78 is 54.8. The van der Waals surface area contributed by atoms with Gasteiger partial charge in [-0.25, -0.2) is 0 Å². The molecule has 28 heavy (non-hydrogen) atoms. The van der Waals surface area contributed by atoms with Crippen LogP contribution in [0.4, 0.5) is 13.2 Å². The minimum absolute atomic E-state index is 0.119. The standard InChI is InChI=1S/C20H22F3NO3S/c1-19(2,3)28(27)24-17(12-18(25)26)15-9-14(13-7-5-4-6-8-13)10-16(11-15)20(21,22)23/h4-11,17,24H,12H2,1-3H3,(H,25,26). The predicted molar refractivity (Wildman–Crippen MR) is 103 cm³/mol. The molecule has 0 saturated carbocycles. The Balaban J connectivity index is 2.56. The van der Waals surface area contributed by atoms with Gasteiger partial charge in [0.2, 0.25) is 0 Å². The first-order chi connectivity index (χ1) is 12.9. The summed E-state index contributed by atoms with van der Waals surface area (Å²) in [5.74, 6) is -1.21. The summed E-state index contributed by atoms with van der Waals surface area (Å²) in [5, 5.41) is 9.22. The quantitative estimate of drug-likeness (QED) is 0.658. The number of carboxylic acids is 1. The lowest BCUT2D eigenvalue weighted by molar-refractivity contribution is -0.138. The molecule has 2 atom stereocenters. The van der Waals surface area contributed by atoms with Crippen molar-refractivity contribution in [3.8, 4) is 11.1 Å². The van der Waals surface area contributed by atoms with E-state index in [1.165, 1.54) is 6.07 Å². The average molecular weight is 413 g/mol. The van der Waals surface area contributed by atoms with E-state index in [0.29, 0.717) is 11.1 Å². The van der Waals surface area contributed by atoms with Crippen LogP contribution < -0.4 is 4.72 Å². The summed E-state index contributed by atoms with van der Waals surface area (Å²) in [4.78, 5) is 11.3. The molecular weight excluding hydrogens is 391 g/mol. The van der Waals surface area contributed by atoms with Gasteiger partial charge in [-0.2, -0.15) is 13.2 Å². The second-order valence-electron chi connectivity index (χ2n) is 7.36. The van der Waals surface area contributed by atoms with Gasteiger partial charge in [0.15, 0.2) is 0 Å². The lowest BCUT2D eigenvalue weighted by Gasteiger charge is -2.28. The molecule has 0 aliphatic carbocycles. The van der Waals surface area contributed by atoms with Crippen LogP contribution >= 0.6 is 0 Å². The molecule has 0 bridgehead atoms. The summed E-state index contributed by atoms with van der Waals surface area (Å²) in [6, 6.07) is 10.9. The van der Waals surface area contributed by atoms with Crippen LogP contribution in [0.3, 0.4) is 0 Å². The number of rotatable bonds is 6.